The fourth-order valence-corrected chi connectivity index (χ4v) is 4.36. The third kappa shape index (κ3) is 4.79. The highest BCUT2D eigenvalue weighted by Crippen LogP contribution is 2.34. The Morgan fingerprint density at radius 2 is 1.78 bits per heavy atom. The Hall–Kier alpha value is -2.10. The van der Waals surface area contributed by atoms with Crippen LogP contribution in [0.1, 0.15) is 87.1 Å². The number of benzene rings is 1. The highest BCUT2D eigenvalue weighted by Gasteiger charge is 2.26. The first-order chi connectivity index (χ1) is 13.1. The van der Waals surface area contributed by atoms with Crippen molar-refractivity contribution in [2.24, 2.45) is 10.9 Å². The minimum atomic E-state index is -0.163. The number of phenols is 1. The van der Waals surface area contributed by atoms with Gasteiger partial charge in [0, 0.05) is 5.69 Å². The molecule has 1 aromatic carbocycles. The lowest BCUT2D eigenvalue weighted by atomic mass is 9.83. The van der Waals surface area contributed by atoms with Gasteiger partial charge in [-0.25, -0.2) is 0 Å². The number of carbonyl (C=O) groups excluding carboxylic acids is 1. The molecule has 3 rings (SSSR count). The number of nitrogens with zero attached hydrogens (tertiary/aromatic N) is 1. The SMILES string of the molecule is CCCCCCCC1CCC(N=C2C=CC(=O)c3c(N)ccc(O)c32)CC1. The fourth-order valence-electron chi connectivity index (χ4n) is 4.36. The summed E-state index contributed by atoms with van der Waals surface area (Å²) in [5, 5.41) is 10.3. The third-order valence-electron chi connectivity index (χ3n) is 5.96. The number of nitrogens with two attached hydrogens (primary N) is 1. The van der Waals surface area contributed by atoms with Crippen LogP contribution in [0.5, 0.6) is 5.75 Å². The van der Waals surface area contributed by atoms with E-state index in [1.807, 2.05) is 0 Å². The predicted octanol–water partition coefficient (Wildman–Crippen LogP) is 5.44. The van der Waals surface area contributed by atoms with Crippen LogP contribution in [0.2, 0.25) is 0 Å². The van der Waals surface area contributed by atoms with E-state index in [0.717, 1.165) is 18.8 Å². The minimum Gasteiger partial charge on any atom is -0.507 e. The molecular weight excluding hydrogens is 336 g/mol. The number of aliphatic imine (C=N–C) groups is 1. The molecule has 0 atom stereocenters. The second-order valence-electron chi connectivity index (χ2n) is 8.01. The van der Waals surface area contributed by atoms with E-state index >= 15 is 0 Å². The molecule has 2 aliphatic carbocycles. The van der Waals surface area contributed by atoms with Crippen molar-refractivity contribution < 1.29 is 9.90 Å². The zero-order chi connectivity index (χ0) is 19.2. The van der Waals surface area contributed by atoms with Crippen LogP contribution in [0.25, 0.3) is 0 Å². The standard InChI is InChI=1S/C23H32N2O2/c1-2-3-4-5-6-7-16-8-10-17(11-9-16)25-19-13-15-20(26)22-18(24)12-14-21(27)23(19)22/h12-17,27H,2-11,24H2,1H3. The summed E-state index contributed by atoms with van der Waals surface area (Å²) in [6.45, 7) is 2.26. The largest absolute Gasteiger partial charge is 0.507 e. The first kappa shape index (κ1) is 19.7. The number of fused-ring (bicyclic) bond motifs is 1. The highest BCUT2D eigenvalue weighted by atomic mass is 16.3. The van der Waals surface area contributed by atoms with E-state index in [2.05, 4.69) is 6.92 Å². The fraction of sp³-hybridized carbons (Fsp3) is 0.565. The van der Waals surface area contributed by atoms with Gasteiger partial charge in [-0.05, 0) is 55.9 Å². The Morgan fingerprint density at radius 3 is 2.52 bits per heavy atom. The van der Waals surface area contributed by atoms with Crippen molar-refractivity contribution in [2.75, 3.05) is 5.73 Å². The van der Waals surface area contributed by atoms with Crippen LogP contribution in [-0.2, 0) is 0 Å². The van der Waals surface area contributed by atoms with Gasteiger partial charge in [-0.2, -0.15) is 0 Å². The Balaban J connectivity index is 1.60. The van der Waals surface area contributed by atoms with Gasteiger partial charge in [-0.1, -0.05) is 45.4 Å². The predicted molar refractivity (Wildman–Crippen MR) is 112 cm³/mol. The van der Waals surface area contributed by atoms with Gasteiger partial charge in [0.05, 0.1) is 22.9 Å². The molecule has 0 saturated heterocycles. The smallest absolute Gasteiger partial charge is 0.188 e. The number of nitrogen functional groups attached to an aromatic ring is 1. The quantitative estimate of drug-likeness (QED) is 0.382. The zero-order valence-electron chi connectivity index (χ0n) is 16.4. The number of aromatic hydroxyl groups is 1. The van der Waals surface area contributed by atoms with Crippen LogP contribution < -0.4 is 5.73 Å². The molecule has 1 aromatic rings. The van der Waals surface area contributed by atoms with Gasteiger partial charge in [-0.15, -0.1) is 0 Å². The molecule has 4 heteroatoms. The van der Waals surface area contributed by atoms with Crippen LogP contribution in [0.15, 0.2) is 29.3 Å². The van der Waals surface area contributed by atoms with Crippen LogP contribution in [0.3, 0.4) is 0 Å². The number of hydrogen-bond donors (Lipinski definition) is 2. The van der Waals surface area contributed by atoms with Gasteiger partial charge in [-0.3, -0.25) is 9.79 Å². The number of rotatable bonds is 7. The van der Waals surface area contributed by atoms with E-state index < -0.39 is 0 Å². The molecule has 1 saturated carbocycles. The first-order valence-corrected chi connectivity index (χ1v) is 10.5. The summed E-state index contributed by atoms with van der Waals surface area (Å²) in [4.78, 5) is 17.1. The molecule has 0 unspecified atom stereocenters. The lowest BCUT2D eigenvalue weighted by molar-refractivity contribution is 0.104. The maximum atomic E-state index is 12.2. The topological polar surface area (TPSA) is 75.7 Å². The highest BCUT2D eigenvalue weighted by molar-refractivity contribution is 6.26. The maximum absolute atomic E-state index is 12.2. The Kier molecular flexibility index (Phi) is 6.70. The van der Waals surface area contributed by atoms with E-state index in [1.165, 1.54) is 57.4 Å². The second kappa shape index (κ2) is 9.20. The normalized spacial score (nSPS) is 23.6. The van der Waals surface area contributed by atoms with Gasteiger partial charge in [0.25, 0.3) is 0 Å². The molecular formula is C23H32N2O2. The zero-order valence-corrected chi connectivity index (χ0v) is 16.4. The number of phenolic OH excluding ortho intramolecular Hbond substituents is 1. The molecule has 4 nitrogen and oxygen atoms in total. The molecule has 146 valence electrons. The van der Waals surface area contributed by atoms with Crippen molar-refractivity contribution in [2.45, 2.75) is 77.2 Å². The molecule has 0 radical (unpaired) electrons. The van der Waals surface area contributed by atoms with Gasteiger partial charge in [0.1, 0.15) is 5.75 Å². The molecule has 1 fully saturated rings. The summed E-state index contributed by atoms with van der Waals surface area (Å²) in [6.07, 6.45) is 16.0. The van der Waals surface area contributed by atoms with Gasteiger partial charge in [0.2, 0.25) is 0 Å². The summed E-state index contributed by atoms with van der Waals surface area (Å²) in [6, 6.07) is 3.39. The van der Waals surface area contributed by atoms with Crippen LogP contribution >= 0.6 is 0 Å². The van der Waals surface area contributed by atoms with Gasteiger partial charge in [0.15, 0.2) is 5.78 Å². The lowest BCUT2D eigenvalue weighted by Gasteiger charge is -2.27. The average molecular weight is 369 g/mol. The summed E-state index contributed by atoms with van der Waals surface area (Å²) in [5.41, 5.74) is 7.95. The lowest BCUT2D eigenvalue weighted by Crippen LogP contribution is -2.21. The van der Waals surface area contributed by atoms with E-state index in [9.17, 15) is 9.90 Å². The summed E-state index contributed by atoms with van der Waals surface area (Å²) in [7, 11) is 0. The number of hydrogen-bond acceptors (Lipinski definition) is 4. The third-order valence-corrected chi connectivity index (χ3v) is 5.96. The van der Waals surface area contributed by atoms with E-state index in [-0.39, 0.29) is 17.6 Å². The summed E-state index contributed by atoms with van der Waals surface area (Å²) in [5.74, 6) is 0.753. The Bertz CT molecular complexity index is 728. The molecule has 0 spiro atoms. The van der Waals surface area contributed by atoms with Crippen LogP contribution in [0.4, 0.5) is 5.69 Å². The molecule has 0 bridgehead atoms. The van der Waals surface area contributed by atoms with Crippen molar-refractivity contribution in [3.8, 4) is 5.75 Å². The number of allylic oxidation sites excluding steroid dienone is 2. The van der Waals surface area contributed by atoms with Crippen molar-refractivity contribution in [1.29, 1.82) is 0 Å². The average Bonchev–Trinajstić information content (AvgIpc) is 2.67. The number of ketones is 1. The van der Waals surface area contributed by atoms with Crippen LogP contribution in [0, 0.1) is 5.92 Å². The molecule has 0 aliphatic heterocycles. The van der Waals surface area contributed by atoms with E-state index in [0.29, 0.717) is 22.5 Å². The summed E-state index contributed by atoms with van der Waals surface area (Å²) >= 11 is 0. The molecule has 0 amide bonds. The minimum absolute atomic E-state index is 0.0800. The molecule has 3 N–H and O–H groups in total. The molecule has 2 aliphatic rings. The molecule has 0 heterocycles. The first-order valence-electron chi connectivity index (χ1n) is 10.5. The monoisotopic (exact) mass is 368 g/mol. The Labute approximate surface area is 162 Å². The van der Waals surface area contributed by atoms with Crippen molar-refractivity contribution in [3.05, 3.63) is 35.4 Å². The molecule has 0 aromatic heterocycles. The number of carbonyl (C=O) groups is 1. The van der Waals surface area contributed by atoms with Crippen molar-refractivity contribution >= 4 is 17.2 Å². The second-order valence-corrected chi connectivity index (χ2v) is 8.01. The maximum Gasteiger partial charge on any atom is 0.188 e. The van der Waals surface area contributed by atoms with Gasteiger partial charge < -0.3 is 10.8 Å². The Morgan fingerprint density at radius 1 is 1.04 bits per heavy atom. The summed E-state index contributed by atoms with van der Waals surface area (Å²) < 4.78 is 0. The number of anilines is 1. The van der Waals surface area contributed by atoms with Crippen LogP contribution in [-0.4, -0.2) is 22.6 Å². The van der Waals surface area contributed by atoms with E-state index in [1.54, 1.807) is 18.2 Å². The number of unbranched alkanes of at least 4 members (excludes halogenated alkanes) is 4. The van der Waals surface area contributed by atoms with E-state index in [4.69, 9.17) is 10.7 Å². The van der Waals surface area contributed by atoms with Crippen molar-refractivity contribution in [1.82, 2.24) is 0 Å². The van der Waals surface area contributed by atoms with Crippen molar-refractivity contribution in [3.63, 3.8) is 0 Å². The van der Waals surface area contributed by atoms with Gasteiger partial charge >= 0.3 is 0 Å². The molecule has 27 heavy (non-hydrogen) atoms.